The Bertz CT molecular complexity index is 204. The molecule has 1 heterocycles. The minimum atomic E-state index is 0.186. The molecule has 2 heteroatoms. The molecule has 1 aliphatic heterocycles. The quantitative estimate of drug-likeness (QED) is 0.607. The van der Waals surface area contributed by atoms with Gasteiger partial charge >= 0.3 is 0 Å². The summed E-state index contributed by atoms with van der Waals surface area (Å²) in [4.78, 5) is 15.0. The largest absolute Gasteiger partial charge is 0.294 e. The van der Waals surface area contributed by atoms with Crippen molar-refractivity contribution in [3.63, 3.8) is 0 Å². The normalized spacial score (nSPS) is 16.8. The highest BCUT2D eigenvalue weighted by Gasteiger charge is 2.06. The number of carbonyl (C=O) groups excluding carboxylic acids is 1. The third kappa shape index (κ3) is 2.66. The molecule has 0 aromatic heterocycles. The van der Waals surface area contributed by atoms with Gasteiger partial charge in [0.05, 0.1) is 0 Å². The number of allylic oxidation sites excluding steroid dienone is 1. The maximum Gasteiger partial charge on any atom is 0.162 e. The number of hydrogen-bond acceptors (Lipinski definition) is 2. The van der Waals surface area contributed by atoms with Gasteiger partial charge in [-0.05, 0) is 18.9 Å². The molecule has 0 spiro atoms. The summed E-state index contributed by atoms with van der Waals surface area (Å²) in [5, 5.41) is 0. The molecule has 0 atom stereocenters. The first-order valence-corrected chi connectivity index (χ1v) is 4.08. The lowest BCUT2D eigenvalue weighted by atomic mass is 10.1. The van der Waals surface area contributed by atoms with E-state index in [0.29, 0.717) is 6.42 Å². The van der Waals surface area contributed by atoms with Crippen molar-refractivity contribution in [2.24, 2.45) is 4.99 Å². The van der Waals surface area contributed by atoms with Crippen molar-refractivity contribution in [2.75, 3.05) is 0 Å². The Morgan fingerprint density at radius 3 is 3.09 bits per heavy atom. The van der Waals surface area contributed by atoms with Crippen LogP contribution in [-0.4, -0.2) is 11.5 Å². The van der Waals surface area contributed by atoms with Crippen LogP contribution in [0.3, 0.4) is 0 Å². The van der Waals surface area contributed by atoms with Gasteiger partial charge in [0.1, 0.15) is 0 Å². The van der Waals surface area contributed by atoms with Crippen molar-refractivity contribution in [1.82, 2.24) is 0 Å². The van der Waals surface area contributed by atoms with Gasteiger partial charge in [-0.3, -0.25) is 9.79 Å². The average Bonchev–Trinajstić information content (AvgIpc) is 2.01. The van der Waals surface area contributed by atoms with Crippen LogP contribution in [-0.2, 0) is 4.79 Å². The smallest absolute Gasteiger partial charge is 0.162 e. The zero-order valence-electron chi connectivity index (χ0n) is 6.84. The second-order valence-corrected chi connectivity index (χ2v) is 2.76. The molecule has 1 rings (SSSR count). The van der Waals surface area contributed by atoms with Crippen molar-refractivity contribution in [1.29, 1.82) is 0 Å². The van der Waals surface area contributed by atoms with Crippen LogP contribution < -0.4 is 0 Å². The lowest BCUT2D eigenvalue weighted by Crippen LogP contribution is -2.08. The van der Waals surface area contributed by atoms with Gasteiger partial charge < -0.3 is 0 Å². The molecule has 2 nitrogen and oxygen atoms in total. The van der Waals surface area contributed by atoms with Gasteiger partial charge in [-0.25, -0.2) is 0 Å². The first kappa shape index (κ1) is 8.18. The summed E-state index contributed by atoms with van der Waals surface area (Å²) >= 11 is 0. The molecule has 0 N–H and O–H groups in total. The van der Waals surface area contributed by atoms with Crippen LogP contribution in [0.5, 0.6) is 0 Å². The highest BCUT2D eigenvalue weighted by atomic mass is 16.1. The number of nitrogens with zero attached hydrogens (tertiary/aromatic N) is 1. The molecular formula is C9H13NO. The number of unbranched alkanes of at least 4 members (excludes halogenated alkanes) is 1. The van der Waals surface area contributed by atoms with E-state index in [4.69, 9.17) is 0 Å². The Morgan fingerprint density at radius 2 is 2.45 bits per heavy atom. The van der Waals surface area contributed by atoms with Crippen LogP contribution in [0.25, 0.3) is 0 Å². The van der Waals surface area contributed by atoms with E-state index in [1.807, 2.05) is 0 Å². The maximum absolute atomic E-state index is 10.9. The summed E-state index contributed by atoms with van der Waals surface area (Å²) in [6.07, 6.45) is 6.96. The number of rotatable bonds is 3. The van der Waals surface area contributed by atoms with Gasteiger partial charge in [0.25, 0.3) is 0 Å². The Hall–Kier alpha value is -0.920. The summed E-state index contributed by atoms with van der Waals surface area (Å²) in [6, 6.07) is 0. The summed E-state index contributed by atoms with van der Waals surface area (Å²) in [7, 11) is 0. The Balaban J connectivity index is 2.39. The highest BCUT2D eigenvalue weighted by molar-refractivity contribution is 6.08. The van der Waals surface area contributed by atoms with E-state index in [0.717, 1.165) is 25.0 Å². The number of aliphatic imine (C=N–C) groups is 1. The zero-order valence-corrected chi connectivity index (χ0v) is 6.84. The fourth-order valence-electron chi connectivity index (χ4n) is 1.07. The van der Waals surface area contributed by atoms with E-state index in [9.17, 15) is 4.79 Å². The van der Waals surface area contributed by atoms with Crippen LogP contribution in [0.15, 0.2) is 17.3 Å². The molecular weight excluding hydrogens is 138 g/mol. The van der Waals surface area contributed by atoms with Gasteiger partial charge in [0.2, 0.25) is 0 Å². The van der Waals surface area contributed by atoms with Crippen molar-refractivity contribution in [3.8, 4) is 0 Å². The predicted octanol–water partition coefficient (Wildman–Crippen LogP) is 2.10. The van der Waals surface area contributed by atoms with Gasteiger partial charge in [-0.1, -0.05) is 13.3 Å². The highest BCUT2D eigenvalue weighted by Crippen LogP contribution is 2.06. The van der Waals surface area contributed by atoms with E-state index in [2.05, 4.69) is 11.9 Å². The van der Waals surface area contributed by atoms with Crippen molar-refractivity contribution in [3.05, 3.63) is 12.3 Å². The SMILES string of the molecule is CCCCC1=NC=CC(=O)C1. The zero-order chi connectivity index (χ0) is 8.10. The molecule has 0 fully saturated rings. The van der Waals surface area contributed by atoms with Crippen LogP contribution >= 0.6 is 0 Å². The van der Waals surface area contributed by atoms with E-state index in [1.165, 1.54) is 6.08 Å². The number of ketones is 1. The van der Waals surface area contributed by atoms with Gasteiger partial charge in [-0.2, -0.15) is 0 Å². The van der Waals surface area contributed by atoms with Crippen LogP contribution in [0.2, 0.25) is 0 Å². The fraction of sp³-hybridized carbons (Fsp3) is 0.556. The van der Waals surface area contributed by atoms with Crippen LogP contribution in [0, 0.1) is 0 Å². The van der Waals surface area contributed by atoms with E-state index in [-0.39, 0.29) is 5.78 Å². The van der Waals surface area contributed by atoms with E-state index in [1.54, 1.807) is 6.20 Å². The van der Waals surface area contributed by atoms with Crippen molar-refractivity contribution in [2.45, 2.75) is 32.6 Å². The predicted molar refractivity (Wildman–Crippen MR) is 45.7 cm³/mol. The molecule has 0 unspecified atom stereocenters. The monoisotopic (exact) mass is 151 g/mol. The standard InChI is InChI=1S/C9H13NO/c1-2-3-4-8-7-9(11)5-6-10-8/h5-6H,2-4,7H2,1H3. The second kappa shape index (κ2) is 4.06. The Morgan fingerprint density at radius 1 is 1.64 bits per heavy atom. The summed E-state index contributed by atoms with van der Waals surface area (Å²) in [5.41, 5.74) is 1.04. The van der Waals surface area contributed by atoms with Gasteiger partial charge in [-0.15, -0.1) is 0 Å². The van der Waals surface area contributed by atoms with E-state index >= 15 is 0 Å². The second-order valence-electron chi connectivity index (χ2n) is 2.76. The molecule has 1 aliphatic rings. The van der Waals surface area contributed by atoms with Crippen molar-refractivity contribution >= 4 is 11.5 Å². The fourth-order valence-corrected chi connectivity index (χ4v) is 1.07. The van der Waals surface area contributed by atoms with E-state index < -0.39 is 0 Å². The molecule has 60 valence electrons. The topological polar surface area (TPSA) is 29.4 Å². The average molecular weight is 151 g/mol. The molecule has 0 bridgehead atoms. The molecule has 0 aromatic rings. The van der Waals surface area contributed by atoms with Crippen molar-refractivity contribution < 1.29 is 4.79 Å². The third-order valence-electron chi connectivity index (χ3n) is 1.71. The lowest BCUT2D eigenvalue weighted by molar-refractivity contribution is -0.113. The van der Waals surface area contributed by atoms with Crippen LogP contribution in [0.4, 0.5) is 0 Å². The number of carbonyl (C=O) groups is 1. The molecule has 0 amide bonds. The lowest BCUT2D eigenvalue weighted by Gasteiger charge is -2.04. The minimum absolute atomic E-state index is 0.186. The minimum Gasteiger partial charge on any atom is -0.294 e. The van der Waals surface area contributed by atoms with Crippen LogP contribution in [0.1, 0.15) is 32.6 Å². The summed E-state index contributed by atoms with van der Waals surface area (Å²) < 4.78 is 0. The maximum atomic E-state index is 10.9. The molecule has 11 heavy (non-hydrogen) atoms. The third-order valence-corrected chi connectivity index (χ3v) is 1.71. The summed E-state index contributed by atoms with van der Waals surface area (Å²) in [5.74, 6) is 0.186. The molecule has 0 aliphatic carbocycles. The number of hydrogen-bond donors (Lipinski definition) is 0. The first-order chi connectivity index (χ1) is 5.33. The Labute approximate surface area is 67.0 Å². The Kier molecular flexibility index (Phi) is 3.02. The molecule has 0 saturated heterocycles. The summed E-state index contributed by atoms with van der Waals surface area (Å²) in [6.45, 7) is 2.14. The van der Waals surface area contributed by atoms with Gasteiger partial charge in [0, 0.05) is 18.3 Å². The first-order valence-electron chi connectivity index (χ1n) is 4.08. The molecule has 0 saturated carbocycles. The molecule has 0 radical (unpaired) electrons. The van der Waals surface area contributed by atoms with Gasteiger partial charge in [0.15, 0.2) is 5.78 Å². The molecule has 0 aromatic carbocycles.